The molecule has 0 saturated heterocycles. The Bertz CT molecular complexity index is 663. The predicted octanol–water partition coefficient (Wildman–Crippen LogP) is 4.07. The molecule has 0 amide bonds. The van der Waals surface area contributed by atoms with Crippen molar-refractivity contribution in [3.8, 4) is 0 Å². The molecule has 0 fully saturated rings. The fraction of sp³-hybridized carbons (Fsp3) is 0.524. The van der Waals surface area contributed by atoms with Crippen molar-refractivity contribution in [3.05, 3.63) is 52.0 Å². The number of halogens is 1. The Labute approximate surface area is 190 Å². The predicted molar refractivity (Wildman–Crippen MR) is 130 cm³/mol. The van der Waals surface area contributed by atoms with Gasteiger partial charge in [0.15, 0.2) is 5.96 Å². The van der Waals surface area contributed by atoms with E-state index in [0.717, 1.165) is 64.5 Å². The van der Waals surface area contributed by atoms with Crippen LogP contribution in [0.1, 0.15) is 35.7 Å². The SMILES string of the molecule is CCNC(=NCCCOCCc1ccccc1)NCCc1ncc(CC)s1.I. The van der Waals surface area contributed by atoms with Gasteiger partial charge in [0.25, 0.3) is 0 Å². The van der Waals surface area contributed by atoms with Crippen LogP contribution in [0.2, 0.25) is 0 Å². The van der Waals surface area contributed by atoms with Crippen LogP contribution in [0, 0.1) is 0 Å². The number of benzene rings is 1. The normalized spacial score (nSPS) is 11.1. The van der Waals surface area contributed by atoms with Gasteiger partial charge in [0.05, 0.1) is 11.6 Å². The van der Waals surface area contributed by atoms with Crippen LogP contribution in [0.3, 0.4) is 0 Å². The molecule has 0 bridgehead atoms. The second-order valence-electron chi connectivity index (χ2n) is 6.21. The van der Waals surface area contributed by atoms with Crippen molar-refractivity contribution in [2.24, 2.45) is 4.99 Å². The standard InChI is InChI=1S/C21H32N4OS.HI/c1-3-19-17-25-20(27-19)11-14-24-21(22-4-2)23-13-8-15-26-16-12-18-9-6-5-7-10-18;/h5-7,9-10,17H,3-4,8,11-16H2,1-2H3,(H2,22,23,24);1H. The van der Waals surface area contributed by atoms with E-state index in [1.54, 1.807) is 11.3 Å². The lowest BCUT2D eigenvalue weighted by molar-refractivity contribution is 0.136. The Morgan fingerprint density at radius 3 is 2.64 bits per heavy atom. The summed E-state index contributed by atoms with van der Waals surface area (Å²) in [5.41, 5.74) is 1.32. The van der Waals surface area contributed by atoms with Crippen LogP contribution >= 0.6 is 35.3 Å². The van der Waals surface area contributed by atoms with Crippen molar-refractivity contribution >= 4 is 41.3 Å². The maximum atomic E-state index is 5.71. The maximum absolute atomic E-state index is 5.71. The van der Waals surface area contributed by atoms with Gasteiger partial charge in [-0.2, -0.15) is 0 Å². The molecule has 0 aliphatic carbocycles. The van der Waals surface area contributed by atoms with E-state index in [9.17, 15) is 0 Å². The lowest BCUT2D eigenvalue weighted by Gasteiger charge is -2.10. The molecule has 0 saturated carbocycles. The minimum Gasteiger partial charge on any atom is -0.381 e. The van der Waals surface area contributed by atoms with Crippen LogP contribution in [0.4, 0.5) is 0 Å². The van der Waals surface area contributed by atoms with Gasteiger partial charge in [-0.1, -0.05) is 37.3 Å². The van der Waals surface area contributed by atoms with Gasteiger partial charge < -0.3 is 15.4 Å². The van der Waals surface area contributed by atoms with Gasteiger partial charge in [-0.15, -0.1) is 35.3 Å². The van der Waals surface area contributed by atoms with Crippen LogP contribution in [0.15, 0.2) is 41.5 Å². The molecule has 0 unspecified atom stereocenters. The summed E-state index contributed by atoms with van der Waals surface area (Å²) in [6.45, 7) is 8.22. The van der Waals surface area contributed by atoms with Crippen molar-refractivity contribution in [3.63, 3.8) is 0 Å². The largest absolute Gasteiger partial charge is 0.381 e. The number of thiazole rings is 1. The molecule has 0 spiro atoms. The number of hydrogen-bond donors (Lipinski definition) is 2. The molecule has 1 heterocycles. The number of hydrogen-bond acceptors (Lipinski definition) is 4. The van der Waals surface area contributed by atoms with E-state index in [1.807, 2.05) is 12.3 Å². The molecule has 7 heteroatoms. The van der Waals surface area contributed by atoms with Crippen molar-refractivity contribution in [2.75, 3.05) is 32.8 Å². The average Bonchev–Trinajstić information content (AvgIpc) is 3.16. The smallest absolute Gasteiger partial charge is 0.191 e. The maximum Gasteiger partial charge on any atom is 0.191 e. The Morgan fingerprint density at radius 2 is 1.93 bits per heavy atom. The number of aliphatic imine (C=N–C) groups is 1. The average molecular weight is 516 g/mol. The lowest BCUT2D eigenvalue weighted by Crippen LogP contribution is -2.38. The van der Waals surface area contributed by atoms with Gasteiger partial charge >= 0.3 is 0 Å². The van der Waals surface area contributed by atoms with E-state index in [-0.39, 0.29) is 24.0 Å². The van der Waals surface area contributed by atoms with Gasteiger partial charge in [0.2, 0.25) is 0 Å². The van der Waals surface area contributed by atoms with Crippen molar-refractivity contribution in [1.29, 1.82) is 0 Å². The van der Waals surface area contributed by atoms with Gasteiger partial charge in [-0.25, -0.2) is 4.98 Å². The Balaban J connectivity index is 0.00000392. The first-order valence-corrected chi connectivity index (χ1v) is 10.7. The van der Waals surface area contributed by atoms with Crippen LogP contribution in [-0.4, -0.2) is 43.8 Å². The molecule has 5 nitrogen and oxygen atoms in total. The third-order valence-electron chi connectivity index (χ3n) is 4.02. The number of aryl methyl sites for hydroxylation is 1. The fourth-order valence-electron chi connectivity index (χ4n) is 2.55. The highest BCUT2D eigenvalue weighted by atomic mass is 127. The quantitative estimate of drug-likeness (QED) is 0.193. The minimum absolute atomic E-state index is 0. The second-order valence-corrected chi connectivity index (χ2v) is 7.41. The van der Waals surface area contributed by atoms with Crippen LogP contribution in [-0.2, 0) is 24.0 Å². The molecule has 156 valence electrons. The van der Waals surface area contributed by atoms with Gasteiger partial charge in [-0.3, -0.25) is 4.99 Å². The third kappa shape index (κ3) is 10.4. The van der Waals surface area contributed by atoms with Gasteiger partial charge in [0.1, 0.15) is 0 Å². The van der Waals surface area contributed by atoms with Crippen LogP contribution in [0.25, 0.3) is 0 Å². The highest BCUT2D eigenvalue weighted by Crippen LogP contribution is 2.13. The first-order chi connectivity index (χ1) is 13.3. The zero-order valence-corrected chi connectivity index (χ0v) is 20.1. The minimum atomic E-state index is 0. The fourth-order valence-corrected chi connectivity index (χ4v) is 3.41. The molecule has 2 rings (SSSR count). The van der Waals surface area contributed by atoms with Crippen LogP contribution in [0.5, 0.6) is 0 Å². The van der Waals surface area contributed by atoms with Crippen molar-refractivity contribution < 1.29 is 4.74 Å². The molecule has 1 aromatic heterocycles. The summed E-state index contributed by atoms with van der Waals surface area (Å²) >= 11 is 1.80. The first kappa shape index (κ1) is 24.8. The second kappa shape index (κ2) is 15.7. The monoisotopic (exact) mass is 516 g/mol. The van der Waals surface area contributed by atoms with Gasteiger partial charge in [-0.05, 0) is 31.7 Å². The number of aromatic nitrogens is 1. The highest BCUT2D eigenvalue weighted by molar-refractivity contribution is 14.0. The summed E-state index contributed by atoms with van der Waals surface area (Å²) in [5, 5.41) is 7.86. The molecule has 2 N–H and O–H groups in total. The number of ether oxygens (including phenoxy) is 1. The Hall–Kier alpha value is -1.19. The number of nitrogens with one attached hydrogen (secondary N) is 2. The number of rotatable bonds is 12. The Morgan fingerprint density at radius 1 is 1.11 bits per heavy atom. The van der Waals surface area contributed by atoms with E-state index < -0.39 is 0 Å². The summed E-state index contributed by atoms with van der Waals surface area (Å²) in [4.78, 5) is 10.4. The van der Waals surface area contributed by atoms with E-state index >= 15 is 0 Å². The van der Waals surface area contributed by atoms with E-state index in [1.165, 1.54) is 15.4 Å². The molecule has 2 aromatic rings. The molecule has 0 radical (unpaired) electrons. The third-order valence-corrected chi connectivity index (χ3v) is 5.22. The summed E-state index contributed by atoms with van der Waals surface area (Å²) < 4.78 is 5.71. The highest BCUT2D eigenvalue weighted by Gasteiger charge is 2.02. The van der Waals surface area contributed by atoms with Crippen molar-refractivity contribution in [1.82, 2.24) is 15.6 Å². The van der Waals surface area contributed by atoms with Gasteiger partial charge in [0, 0.05) is 43.7 Å². The lowest BCUT2D eigenvalue weighted by atomic mass is 10.2. The summed E-state index contributed by atoms with van der Waals surface area (Å²) in [6, 6.07) is 10.4. The summed E-state index contributed by atoms with van der Waals surface area (Å²) in [7, 11) is 0. The number of guanidine groups is 1. The van der Waals surface area contributed by atoms with Crippen LogP contribution < -0.4 is 10.6 Å². The zero-order valence-electron chi connectivity index (χ0n) is 16.9. The van der Waals surface area contributed by atoms with E-state index in [0.29, 0.717) is 0 Å². The molecule has 28 heavy (non-hydrogen) atoms. The van der Waals surface area contributed by atoms with Crippen molar-refractivity contribution in [2.45, 2.75) is 39.5 Å². The molecule has 0 atom stereocenters. The summed E-state index contributed by atoms with van der Waals surface area (Å²) in [6.07, 6.45) is 5.86. The summed E-state index contributed by atoms with van der Waals surface area (Å²) in [5.74, 6) is 0.869. The first-order valence-electron chi connectivity index (χ1n) is 9.89. The Kier molecular flexibility index (Phi) is 13.9. The molecule has 1 aromatic carbocycles. The molecule has 0 aliphatic heterocycles. The van der Waals surface area contributed by atoms with E-state index in [2.05, 4.69) is 58.7 Å². The molecule has 0 aliphatic rings. The molecular weight excluding hydrogens is 483 g/mol. The number of nitrogens with zero attached hydrogens (tertiary/aromatic N) is 2. The van der Waals surface area contributed by atoms with E-state index in [4.69, 9.17) is 4.74 Å². The zero-order chi connectivity index (χ0) is 19.2. The topological polar surface area (TPSA) is 58.5 Å². The molecular formula is C21H33IN4OS.